The molecule has 0 heterocycles. The van der Waals surface area contributed by atoms with Crippen LogP contribution in [0.1, 0.15) is 181 Å². The van der Waals surface area contributed by atoms with E-state index in [1.54, 1.807) is 0 Å². The second-order valence-corrected chi connectivity index (χ2v) is 16.2. The van der Waals surface area contributed by atoms with E-state index in [0.717, 1.165) is 44.9 Å². The molecule has 0 radical (unpaired) electrons. The largest absolute Gasteiger partial charge is 0.472 e. The number of allylic oxidation sites excluding steroid dienone is 10. The number of hydrogen-bond acceptors (Lipinski definition) is 9. The van der Waals surface area contributed by atoms with Gasteiger partial charge in [0, 0.05) is 12.8 Å². The standard InChI is InChI=1S/C46H81O10P/c1-3-5-7-9-11-13-15-17-19-20-21-22-24-26-28-30-32-34-36-38-46(50)56-44(42-55-57(51,52)54-40-43(48)39-47)41-53-45(49)37-35-33-31-29-27-25-23-18-16-14-12-10-8-6-4-2/h11,13,17,19,21-22,26,28,32,34,43-44,47-48H,3-10,12,14-16,18,20,23-25,27,29-31,33,35-42H2,1-2H3,(H,51,52). The fourth-order valence-electron chi connectivity index (χ4n) is 5.74. The Kier molecular flexibility index (Phi) is 40.1. The number of esters is 2. The van der Waals surface area contributed by atoms with Gasteiger partial charge in [0.25, 0.3) is 0 Å². The van der Waals surface area contributed by atoms with Crippen LogP contribution < -0.4 is 0 Å². The van der Waals surface area contributed by atoms with Crippen LogP contribution >= 0.6 is 7.82 Å². The van der Waals surface area contributed by atoms with Crippen LogP contribution in [-0.4, -0.2) is 65.7 Å². The molecule has 57 heavy (non-hydrogen) atoms. The minimum atomic E-state index is -4.64. The van der Waals surface area contributed by atoms with Crippen LogP contribution in [-0.2, 0) is 32.7 Å². The van der Waals surface area contributed by atoms with Gasteiger partial charge in [0.05, 0.1) is 19.8 Å². The molecule has 0 aromatic carbocycles. The highest BCUT2D eigenvalue weighted by Crippen LogP contribution is 2.43. The Labute approximate surface area is 346 Å². The molecule has 0 aliphatic rings. The topological polar surface area (TPSA) is 149 Å². The zero-order chi connectivity index (χ0) is 41.9. The average molecular weight is 825 g/mol. The summed E-state index contributed by atoms with van der Waals surface area (Å²) in [5, 5.41) is 18.3. The van der Waals surface area contributed by atoms with E-state index in [9.17, 15) is 24.2 Å². The van der Waals surface area contributed by atoms with Crippen molar-refractivity contribution in [3.05, 3.63) is 60.8 Å². The van der Waals surface area contributed by atoms with E-state index in [-0.39, 0.29) is 19.4 Å². The number of ether oxygens (including phenoxy) is 2. The molecule has 0 aliphatic heterocycles. The number of aliphatic hydroxyl groups is 2. The molecule has 11 heteroatoms. The van der Waals surface area contributed by atoms with Crippen LogP contribution in [0, 0.1) is 0 Å². The first-order valence-corrected chi connectivity index (χ1v) is 23.7. The van der Waals surface area contributed by atoms with Crippen LogP contribution in [0.3, 0.4) is 0 Å². The fourth-order valence-corrected chi connectivity index (χ4v) is 6.53. The van der Waals surface area contributed by atoms with Crippen molar-refractivity contribution < 1.29 is 47.8 Å². The van der Waals surface area contributed by atoms with Crippen molar-refractivity contribution in [2.75, 3.05) is 26.4 Å². The maximum atomic E-state index is 12.6. The number of phosphoric acid groups is 1. The molecule has 0 aromatic heterocycles. The van der Waals surface area contributed by atoms with Crippen molar-refractivity contribution in [3.63, 3.8) is 0 Å². The lowest BCUT2D eigenvalue weighted by Crippen LogP contribution is -2.29. The number of carbonyl (C=O) groups is 2. The van der Waals surface area contributed by atoms with Crippen LogP contribution in [0.15, 0.2) is 60.8 Å². The lowest BCUT2D eigenvalue weighted by atomic mass is 10.0. The highest BCUT2D eigenvalue weighted by Gasteiger charge is 2.27. The van der Waals surface area contributed by atoms with Gasteiger partial charge in [-0.2, -0.15) is 0 Å². The predicted molar refractivity (Wildman–Crippen MR) is 233 cm³/mol. The number of unbranched alkanes of at least 4 members (excludes halogenated alkanes) is 17. The van der Waals surface area contributed by atoms with E-state index >= 15 is 0 Å². The third kappa shape index (κ3) is 41.6. The summed E-state index contributed by atoms with van der Waals surface area (Å²) in [7, 11) is -4.64. The lowest BCUT2D eigenvalue weighted by Gasteiger charge is -2.20. The Hall–Kier alpha value is -2.33. The number of hydrogen-bond donors (Lipinski definition) is 3. The highest BCUT2D eigenvalue weighted by molar-refractivity contribution is 7.47. The molecule has 0 aliphatic carbocycles. The summed E-state index contributed by atoms with van der Waals surface area (Å²) >= 11 is 0. The van der Waals surface area contributed by atoms with E-state index in [4.69, 9.17) is 19.1 Å². The molecule has 0 saturated heterocycles. The quantitative estimate of drug-likeness (QED) is 0.0235. The molecule has 3 N–H and O–H groups in total. The molecule has 0 amide bonds. The number of phosphoric ester groups is 1. The van der Waals surface area contributed by atoms with Gasteiger partial charge in [-0.15, -0.1) is 0 Å². The molecular formula is C46H81O10P. The third-order valence-corrected chi connectivity index (χ3v) is 10.1. The van der Waals surface area contributed by atoms with Crippen molar-refractivity contribution in [1.82, 2.24) is 0 Å². The summed E-state index contributed by atoms with van der Waals surface area (Å²) in [5.74, 6) is -1.02. The van der Waals surface area contributed by atoms with Crippen molar-refractivity contribution in [3.8, 4) is 0 Å². The molecule has 330 valence electrons. The average Bonchev–Trinajstić information content (AvgIpc) is 3.20. The monoisotopic (exact) mass is 825 g/mol. The molecule has 3 unspecified atom stereocenters. The van der Waals surface area contributed by atoms with Gasteiger partial charge in [-0.1, -0.05) is 177 Å². The van der Waals surface area contributed by atoms with E-state index in [1.807, 2.05) is 12.2 Å². The Morgan fingerprint density at radius 1 is 0.526 bits per heavy atom. The summed E-state index contributed by atoms with van der Waals surface area (Å²) in [4.78, 5) is 35.0. The Morgan fingerprint density at radius 2 is 0.947 bits per heavy atom. The number of rotatable bonds is 41. The Bertz CT molecular complexity index is 1130. The SMILES string of the molecule is CCCCCC=CCC=CCC=CCC=CCC=CCCC(=O)OC(COC(=O)CCCCCCCCCCCCCCCCC)COP(=O)(O)OCC(O)CO. The molecule has 0 bridgehead atoms. The summed E-state index contributed by atoms with van der Waals surface area (Å²) in [6.45, 7) is 2.27. The van der Waals surface area contributed by atoms with Crippen LogP contribution in [0.4, 0.5) is 0 Å². The summed E-state index contributed by atoms with van der Waals surface area (Å²) in [5.41, 5.74) is 0. The number of carbonyl (C=O) groups excluding carboxylic acids is 2. The Morgan fingerprint density at radius 3 is 1.44 bits per heavy atom. The Balaban J connectivity index is 4.41. The minimum Gasteiger partial charge on any atom is -0.462 e. The lowest BCUT2D eigenvalue weighted by molar-refractivity contribution is -0.161. The second-order valence-electron chi connectivity index (χ2n) is 14.7. The number of aliphatic hydroxyl groups excluding tert-OH is 2. The molecule has 0 fully saturated rings. The zero-order valence-electron chi connectivity index (χ0n) is 35.8. The van der Waals surface area contributed by atoms with Gasteiger partial charge in [-0.25, -0.2) is 4.57 Å². The summed E-state index contributed by atoms with van der Waals surface area (Å²) in [6.07, 6.45) is 46.3. The normalized spacial score (nSPS) is 14.4. The first kappa shape index (κ1) is 54.7. The van der Waals surface area contributed by atoms with Crippen LogP contribution in [0.2, 0.25) is 0 Å². The van der Waals surface area contributed by atoms with Gasteiger partial charge in [-0.05, 0) is 51.4 Å². The molecule has 0 aromatic rings. The maximum absolute atomic E-state index is 12.6. The van der Waals surface area contributed by atoms with E-state index in [1.165, 1.54) is 96.3 Å². The van der Waals surface area contributed by atoms with Crippen molar-refractivity contribution in [1.29, 1.82) is 0 Å². The van der Waals surface area contributed by atoms with Gasteiger partial charge < -0.3 is 24.6 Å². The van der Waals surface area contributed by atoms with Gasteiger partial charge in [0.2, 0.25) is 0 Å². The van der Waals surface area contributed by atoms with E-state index < -0.39 is 51.8 Å². The molecule has 10 nitrogen and oxygen atoms in total. The molecule has 0 spiro atoms. The van der Waals surface area contributed by atoms with E-state index in [2.05, 4.69) is 67.0 Å². The smallest absolute Gasteiger partial charge is 0.462 e. The molecule has 3 atom stereocenters. The van der Waals surface area contributed by atoms with Gasteiger partial charge in [0.15, 0.2) is 6.10 Å². The van der Waals surface area contributed by atoms with Crippen molar-refractivity contribution in [2.24, 2.45) is 0 Å². The minimum absolute atomic E-state index is 0.0602. The van der Waals surface area contributed by atoms with Gasteiger partial charge in [0.1, 0.15) is 12.7 Å². The van der Waals surface area contributed by atoms with Crippen LogP contribution in [0.5, 0.6) is 0 Å². The molecular weight excluding hydrogens is 743 g/mol. The highest BCUT2D eigenvalue weighted by atomic mass is 31.2. The summed E-state index contributed by atoms with van der Waals surface area (Å²) < 4.78 is 32.6. The summed E-state index contributed by atoms with van der Waals surface area (Å²) in [6, 6.07) is 0. The van der Waals surface area contributed by atoms with E-state index in [0.29, 0.717) is 12.8 Å². The van der Waals surface area contributed by atoms with Gasteiger partial charge >= 0.3 is 19.8 Å². The third-order valence-electron chi connectivity index (χ3n) is 9.19. The maximum Gasteiger partial charge on any atom is 0.472 e. The molecule has 0 rings (SSSR count). The van der Waals surface area contributed by atoms with Crippen molar-refractivity contribution >= 4 is 19.8 Å². The predicted octanol–water partition coefficient (Wildman–Crippen LogP) is 11.9. The first-order valence-electron chi connectivity index (χ1n) is 22.2. The van der Waals surface area contributed by atoms with Gasteiger partial charge in [-0.3, -0.25) is 18.6 Å². The van der Waals surface area contributed by atoms with Crippen molar-refractivity contribution in [2.45, 2.75) is 193 Å². The zero-order valence-corrected chi connectivity index (χ0v) is 36.7. The fraction of sp³-hybridized carbons (Fsp3) is 0.739. The first-order chi connectivity index (χ1) is 27.7. The second kappa shape index (κ2) is 41.8. The van der Waals surface area contributed by atoms with Crippen LogP contribution in [0.25, 0.3) is 0 Å². The molecule has 0 saturated carbocycles.